The number of ketones is 1. The Morgan fingerprint density at radius 3 is 2.75 bits per heavy atom. The summed E-state index contributed by atoms with van der Waals surface area (Å²) < 4.78 is 5.02. The lowest BCUT2D eigenvalue weighted by atomic mass is 10.1. The van der Waals surface area contributed by atoms with Crippen LogP contribution >= 0.6 is 11.8 Å². The lowest BCUT2D eigenvalue weighted by Crippen LogP contribution is -2.15. The second-order valence-electron chi connectivity index (χ2n) is 3.77. The number of aromatic nitrogens is 3. The zero-order valence-electron chi connectivity index (χ0n) is 10.6. The number of hydrogen-bond acceptors (Lipinski definition) is 7. The van der Waals surface area contributed by atoms with E-state index in [9.17, 15) is 9.59 Å². The number of nitrogens with one attached hydrogen (secondary N) is 1. The third-order valence-electron chi connectivity index (χ3n) is 2.45. The van der Waals surface area contributed by atoms with Crippen LogP contribution in [0.25, 0.3) is 0 Å². The molecule has 8 heteroatoms. The predicted octanol–water partition coefficient (Wildman–Crippen LogP) is 0.731. The first-order valence-corrected chi connectivity index (χ1v) is 6.61. The molecule has 0 aliphatic rings. The predicted molar refractivity (Wildman–Crippen MR) is 75.1 cm³/mol. The van der Waals surface area contributed by atoms with E-state index in [0.29, 0.717) is 11.3 Å². The molecule has 0 atom stereocenters. The van der Waals surface area contributed by atoms with Gasteiger partial charge in [-0.3, -0.25) is 4.79 Å². The number of methoxy groups -OCH3 is 1. The van der Waals surface area contributed by atoms with Crippen LogP contribution in [0, 0.1) is 0 Å². The number of carbonyl (C=O) groups is 1. The highest BCUT2D eigenvalue weighted by atomic mass is 32.2. The quantitative estimate of drug-likeness (QED) is 0.617. The number of benzene rings is 1. The van der Waals surface area contributed by atoms with E-state index in [0.717, 1.165) is 11.8 Å². The van der Waals surface area contributed by atoms with Gasteiger partial charge >= 0.3 is 5.69 Å². The van der Waals surface area contributed by atoms with Crippen LogP contribution in [0.2, 0.25) is 0 Å². The van der Waals surface area contributed by atoms with E-state index in [-0.39, 0.29) is 22.4 Å². The zero-order valence-corrected chi connectivity index (χ0v) is 11.4. The van der Waals surface area contributed by atoms with E-state index in [4.69, 9.17) is 10.5 Å². The summed E-state index contributed by atoms with van der Waals surface area (Å²) in [6, 6.07) is 6.77. The summed E-state index contributed by atoms with van der Waals surface area (Å²) in [7, 11) is 1.56. The minimum Gasteiger partial charge on any atom is -0.497 e. The van der Waals surface area contributed by atoms with Gasteiger partial charge in [0.05, 0.1) is 12.9 Å². The monoisotopic (exact) mass is 292 g/mol. The molecule has 3 N–H and O–H groups in total. The Morgan fingerprint density at radius 2 is 2.10 bits per heavy atom. The zero-order chi connectivity index (χ0) is 14.5. The highest BCUT2D eigenvalue weighted by Gasteiger charge is 2.10. The van der Waals surface area contributed by atoms with Crippen LogP contribution in [0.15, 0.2) is 34.1 Å². The van der Waals surface area contributed by atoms with Crippen molar-refractivity contribution in [2.75, 3.05) is 18.6 Å². The number of nitrogens with two attached hydrogens (primary N) is 1. The first kappa shape index (κ1) is 14.1. The Balaban J connectivity index is 2.04. The average Bonchev–Trinajstić information content (AvgIpc) is 2.48. The number of aromatic amines is 1. The Bertz CT molecular complexity index is 669. The van der Waals surface area contributed by atoms with Crippen LogP contribution in [0.5, 0.6) is 5.75 Å². The summed E-state index contributed by atoms with van der Waals surface area (Å²) in [6.45, 7) is 0. The van der Waals surface area contributed by atoms with Gasteiger partial charge in [0.2, 0.25) is 0 Å². The van der Waals surface area contributed by atoms with Crippen molar-refractivity contribution in [1.82, 2.24) is 15.2 Å². The van der Waals surface area contributed by atoms with Gasteiger partial charge in [0.1, 0.15) is 10.8 Å². The summed E-state index contributed by atoms with van der Waals surface area (Å²) in [6.07, 6.45) is 0. The van der Waals surface area contributed by atoms with Gasteiger partial charge in [-0.1, -0.05) is 11.8 Å². The molecule has 0 bridgehead atoms. The lowest BCUT2D eigenvalue weighted by Gasteiger charge is -2.03. The second-order valence-corrected chi connectivity index (χ2v) is 4.74. The normalized spacial score (nSPS) is 10.2. The van der Waals surface area contributed by atoms with Crippen molar-refractivity contribution in [3.63, 3.8) is 0 Å². The summed E-state index contributed by atoms with van der Waals surface area (Å²) in [4.78, 5) is 26.7. The van der Waals surface area contributed by atoms with Gasteiger partial charge in [0, 0.05) is 5.56 Å². The van der Waals surface area contributed by atoms with E-state index in [1.807, 2.05) is 0 Å². The van der Waals surface area contributed by atoms with Crippen LogP contribution in [-0.2, 0) is 0 Å². The third-order valence-corrected chi connectivity index (χ3v) is 3.43. The fourth-order valence-corrected chi connectivity index (χ4v) is 2.21. The van der Waals surface area contributed by atoms with Crippen LogP contribution < -0.4 is 16.2 Å². The molecule has 0 fully saturated rings. The van der Waals surface area contributed by atoms with Gasteiger partial charge in [-0.2, -0.15) is 10.1 Å². The van der Waals surface area contributed by atoms with Gasteiger partial charge in [0.25, 0.3) is 0 Å². The van der Waals surface area contributed by atoms with Crippen LogP contribution in [-0.4, -0.2) is 33.8 Å². The maximum absolute atomic E-state index is 12.0. The molecular weight excluding hydrogens is 280 g/mol. The number of anilines is 1. The Morgan fingerprint density at radius 1 is 1.40 bits per heavy atom. The molecule has 7 nitrogen and oxygen atoms in total. The number of H-pyrrole nitrogens is 1. The van der Waals surface area contributed by atoms with Gasteiger partial charge in [-0.15, -0.1) is 0 Å². The van der Waals surface area contributed by atoms with Gasteiger partial charge in [-0.25, -0.2) is 9.89 Å². The molecule has 2 rings (SSSR count). The molecule has 20 heavy (non-hydrogen) atoms. The molecule has 1 heterocycles. The number of thioether (sulfide) groups is 1. The van der Waals surface area contributed by atoms with Crippen molar-refractivity contribution in [3.05, 3.63) is 40.3 Å². The maximum Gasteiger partial charge on any atom is 0.362 e. The molecular formula is C12H12N4O3S. The van der Waals surface area contributed by atoms with Gasteiger partial charge in [0.15, 0.2) is 11.6 Å². The number of Topliss-reactive ketones (excluding diaryl/α,β-unsaturated/α-hetero) is 1. The smallest absolute Gasteiger partial charge is 0.362 e. The number of hydrogen-bond donors (Lipinski definition) is 2. The first-order chi connectivity index (χ1) is 9.60. The molecule has 2 aromatic rings. The summed E-state index contributed by atoms with van der Waals surface area (Å²) in [5.41, 5.74) is 5.51. The summed E-state index contributed by atoms with van der Waals surface area (Å²) in [5.74, 6) is 0.796. The van der Waals surface area contributed by atoms with Gasteiger partial charge in [-0.05, 0) is 24.3 Å². The Hall–Kier alpha value is -2.35. The van der Waals surface area contributed by atoms with E-state index in [2.05, 4.69) is 15.2 Å². The molecule has 0 saturated heterocycles. The second kappa shape index (κ2) is 6.20. The summed E-state index contributed by atoms with van der Waals surface area (Å²) >= 11 is 1.07. The van der Waals surface area contributed by atoms with Crippen molar-refractivity contribution < 1.29 is 9.53 Å². The van der Waals surface area contributed by atoms with E-state index >= 15 is 0 Å². The standard InChI is InChI=1S/C12H12N4O3S/c1-19-8-4-2-7(3-5-8)9(17)6-20-11-10(13)15-16-12(18)14-11/h2-5H,6H2,1H3,(H2,13,15)(H,14,16,18). The minimum absolute atomic E-state index is 0.0946. The molecule has 1 aromatic carbocycles. The highest BCUT2D eigenvalue weighted by Crippen LogP contribution is 2.20. The van der Waals surface area contributed by atoms with Crippen molar-refractivity contribution in [2.24, 2.45) is 0 Å². The number of nitrogen functional groups attached to an aromatic ring is 1. The van der Waals surface area contributed by atoms with Crippen molar-refractivity contribution >= 4 is 23.4 Å². The van der Waals surface area contributed by atoms with E-state index in [1.165, 1.54) is 0 Å². The summed E-state index contributed by atoms with van der Waals surface area (Å²) in [5, 5.41) is 5.95. The fraction of sp³-hybridized carbons (Fsp3) is 0.167. The number of nitrogens with zero attached hydrogens (tertiary/aromatic N) is 2. The topological polar surface area (TPSA) is 111 Å². The molecule has 0 amide bonds. The van der Waals surface area contributed by atoms with Crippen molar-refractivity contribution in [1.29, 1.82) is 0 Å². The Kier molecular flexibility index (Phi) is 4.36. The number of rotatable bonds is 5. The molecule has 0 spiro atoms. The fourth-order valence-electron chi connectivity index (χ4n) is 1.43. The first-order valence-electron chi connectivity index (χ1n) is 5.62. The number of carbonyl (C=O) groups excluding carboxylic acids is 1. The maximum atomic E-state index is 12.0. The average molecular weight is 292 g/mol. The van der Waals surface area contributed by atoms with Crippen LogP contribution in [0.4, 0.5) is 5.82 Å². The van der Waals surface area contributed by atoms with Gasteiger partial charge < -0.3 is 10.5 Å². The number of ether oxygens (including phenoxy) is 1. The van der Waals surface area contributed by atoms with Crippen molar-refractivity contribution in [3.8, 4) is 5.75 Å². The molecule has 1 aromatic heterocycles. The van der Waals surface area contributed by atoms with Crippen LogP contribution in [0.3, 0.4) is 0 Å². The lowest BCUT2D eigenvalue weighted by molar-refractivity contribution is 0.102. The van der Waals surface area contributed by atoms with Crippen LogP contribution in [0.1, 0.15) is 10.4 Å². The Labute approximate surface area is 118 Å². The van der Waals surface area contributed by atoms with E-state index in [1.54, 1.807) is 31.4 Å². The highest BCUT2D eigenvalue weighted by molar-refractivity contribution is 8.00. The SMILES string of the molecule is COc1ccc(C(=O)CSc2nc(=O)[nH]nc2N)cc1. The van der Waals surface area contributed by atoms with E-state index < -0.39 is 5.69 Å². The molecule has 104 valence electrons. The molecule has 0 radical (unpaired) electrons. The minimum atomic E-state index is -0.599. The molecule has 0 saturated carbocycles. The molecule has 0 aliphatic heterocycles. The molecule has 0 unspecified atom stereocenters. The third kappa shape index (κ3) is 3.35. The van der Waals surface area contributed by atoms with Crippen molar-refractivity contribution in [2.45, 2.75) is 5.03 Å². The molecule has 0 aliphatic carbocycles. The largest absolute Gasteiger partial charge is 0.497 e.